The maximum atomic E-state index is 12.0. The van der Waals surface area contributed by atoms with E-state index in [1.165, 1.54) is 74.0 Å². The average molecular weight is 447 g/mol. The zero-order chi connectivity index (χ0) is 21.6. The van der Waals surface area contributed by atoms with E-state index in [4.69, 9.17) is 9.72 Å². The zero-order valence-corrected chi connectivity index (χ0v) is 20.2. The number of anilines is 1. The Morgan fingerprint density at radius 3 is 2.65 bits per heavy atom. The van der Waals surface area contributed by atoms with Gasteiger partial charge in [0.1, 0.15) is 5.60 Å². The fourth-order valence-corrected chi connectivity index (χ4v) is 6.63. The van der Waals surface area contributed by atoms with Gasteiger partial charge >= 0.3 is 6.09 Å². The fourth-order valence-electron chi connectivity index (χ4n) is 5.55. The molecule has 7 heteroatoms. The summed E-state index contributed by atoms with van der Waals surface area (Å²) < 4.78 is 5.40. The second-order valence-electron chi connectivity index (χ2n) is 11.2. The summed E-state index contributed by atoms with van der Waals surface area (Å²) in [6.45, 7) is 11.6. The lowest BCUT2D eigenvalue weighted by Crippen LogP contribution is -2.41. The zero-order valence-electron chi connectivity index (χ0n) is 19.4. The number of thiazole rings is 1. The molecule has 1 aromatic rings. The number of nitrogens with one attached hydrogen (secondary N) is 1. The summed E-state index contributed by atoms with van der Waals surface area (Å²) in [5.41, 5.74) is 0.916. The first-order chi connectivity index (χ1) is 14.8. The third-order valence-electron chi connectivity index (χ3n) is 7.47. The van der Waals surface area contributed by atoms with Crippen molar-refractivity contribution in [1.82, 2.24) is 15.2 Å². The van der Waals surface area contributed by atoms with Crippen LogP contribution in [0.4, 0.5) is 9.93 Å². The van der Waals surface area contributed by atoms with E-state index < -0.39 is 5.60 Å². The lowest BCUT2D eigenvalue weighted by molar-refractivity contribution is 0.0485. The van der Waals surface area contributed by atoms with Gasteiger partial charge < -0.3 is 15.0 Å². The summed E-state index contributed by atoms with van der Waals surface area (Å²) in [7, 11) is 0. The third-order valence-corrected chi connectivity index (χ3v) is 8.68. The van der Waals surface area contributed by atoms with Crippen molar-refractivity contribution < 1.29 is 9.53 Å². The average Bonchev–Trinajstić information content (AvgIpc) is 3.11. The van der Waals surface area contributed by atoms with Crippen LogP contribution < -0.4 is 10.2 Å². The van der Waals surface area contributed by atoms with E-state index in [1.807, 2.05) is 32.1 Å². The number of nitrogens with zero attached hydrogens (tertiary/aromatic N) is 3. The molecule has 1 saturated heterocycles. The number of hydrogen-bond acceptors (Lipinski definition) is 6. The van der Waals surface area contributed by atoms with Gasteiger partial charge in [0.05, 0.1) is 5.69 Å². The summed E-state index contributed by atoms with van der Waals surface area (Å²) in [6.07, 6.45) is 8.17. The van der Waals surface area contributed by atoms with Gasteiger partial charge in [-0.15, -0.1) is 11.3 Å². The number of fused-ring (bicyclic) bond motifs is 2. The standard InChI is InChI=1S/C24H38N4O2S/c1-24(2,3)30-23(29)25-19-6-4-16(5-7-19)8-10-27-11-9-21-20(15-27)26-22(31-21)28-13-17-12-18(17)14-28/h16-19H,4-15H2,1-3H3,(H,25,29). The number of hydrogen-bond donors (Lipinski definition) is 1. The van der Waals surface area contributed by atoms with Gasteiger partial charge in [-0.25, -0.2) is 9.78 Å². The third kappa shape index (κ3) is 5.36. The Hall–Kier alpha value is -1.34. The molecule has 2 aliphatic heterocycles. The van der Waals surface area contributed by atoms with Gasteiger partial charge in [-0.1, -0.05) is 0 Å². The van der Waals surface area contributed by atoms with Gasteiger partial charge in [-0.2, -0.15) is 0 Å². The Morgan fingerprint density at radius 2 is 1.94 bits per heavy atom. The highest BCUT2D eigenvalue weighted by molar-refractivity contribution is 7.15. The molecule has 2 unspecified atom stereocenters. The Bertz CT molecular complexity index is 786. The van der Waals surface area contributed by atoms with Gasteiger partial charge in [-0.3, -0.25) is 4.90 Å². The molecule has 0 bridgehead atoms. The predicted octanol–water partition coefficient (Wildman–Crippen LogP) is 4.43. The maximum absolute atomic E-state index is 12.0. The highest BCUT2D eigenvalue weighted by Crippen LogP contribution is 2.47. The van der Waals surface area contributed by atoms with Crippen LogP contribution in [0.2, 0.25) is 0 Å². The molecule has 5 rings (SSSR count). The van der Waals surface area contributed by atoms with Gasteiger partial charge in [0.25, 0.3) is 0 Å². The van der Waals surface area contributed by atoms with Crippen molar-refractivity contribution in [3.8, 4) is 0 Å². The Balaban J connectivity index is 1.03. The first kappa shape index (κ1) is 21.5. The van der Waals surface area contributed by atoms with Crippen LogP contribution in [-0.4, -0.2) is 53.8 Å². The van der Waals surface area contributed by atoms with E-state index in [1.54, 1.807) is 0 Å². The molecule has 2 atom stereocenters. The van der Waals surface area contributed by atoms with E-state index in [-0.39, 0.29) is 12.1 Å². The van der Waals surface area contributed by atoms with Crippen LogP contribution in [0.25, 0.3) is 0 Å². The van der Waals surface area contributed by atoms with Crippen LogP contribution in [-0.2, 0) is 17.7 Å². The fraction of sp³-hybridized carbons (Fsp3) is 0.833. The minimum absolute atomic E-state index is 0.270. The number of amides is 1. The van der Waals surface area contributed by atoms with Crippen LogP contribution in [0, 0.1) is 17.8 Å². The van der Waals surface area contributed by atoms with Crippen molar-refractivity contribution in [2.24, 2.45) is 17.8 Å². The predicted molar refractivity (Wildman–Crippen MR) is 125 cm³/mol. The van der Waals surface area contributed by atoms with Crippen molar-refractivity contribution >= 4 is 22.6 Å². The number of piperidine rings is 1. The van der Waals surface area contributed by atoms with Crippen molar-refractivity contribution in [1.29, 1.82) is 0 Å². The normalized spacial score (nSPS) is 30.6. The molecule has 1 aromatic heterocycles. The molecular weight excluding hydrogens is 408 g/mol. The minimum Gasteiger partial charge on any atom is -0.444 e. The summed E-state index contributed by atoms with van der Waals surface area (Å²) in [6, 6.07) is 0.272. The van der Waals surface area contributed by atoms with Crippen molar-refractivity contribution in [3.63, 3.8) is 0 Å². The monoisotopic (exact) mass is 446 g/mol. The van der Waals surface area contributed by atoms with Crippen LogP contribution in [0.15, 0.2) is 0 Å². The van der Waals surface area contributed by atoms with Crippen LogP contribution in [0.1, 0.15) is 69.9 Å². The number of aromatic nitrogens is 1. The molecular formula is C24H38N4O2S. The van der Waals surface area contributed by atoms with E-state index in [2.05, 4.69) is 15.1 Å². The Labute approximate surface area is 190 Å². The smallest absolute Gasteiger partial charge is 0.407 e. The maximum Gasteiger partial charge on any atom is 0.407 e. The molecule has 2 saturated carbocycles. The Morgan fingerprint density at radius 1 is 1.19 bits per heavy atom. The highest BCUT2D eigenvalue weighted by Gasteiger charge is 2.46. The first-order valence-electron chi connectivity index (χ1n) is 12.3. The van der Waals surface area contributed by atoms with Crippen LogP contribution >= 0.6 is 11.3 Å². The summed E-state index contributed by atoms with van der Waals surface area (Å²) in [5.74, 6) is 2.71. The second-order valence-corrected chi connectivity index (χ2v) is 12.3. The van der Waals surface area contributed by atoms with Gasteiger partial charge in [0.2, 0.25) is 0 Å². The van der Waals surface area contributed by atoms with Crippen molar-refractivity contribution in [2.75, 3.05) is 31.1 Å². The topological polar surface area (TPSA) is 57.7 Å². The summed E-state index contributed by atoms with van der Waals surface area (Å²) >= 11 is 1.96. The molecule has 0 radical (unpaired) electrons. The number of carbonyl (C=O) groups is 1. The molecule has 0 aromatic carbocycles. The number of alkyl carbamates (subject to hydrolysis) is 1. The number of ether oxygens (including phenoxy) is 1. The number of rotatable bonds is 5. The summed E-state index contributed by atoms with van der Waals surface area (Å²) in [5, 5.41) is 4.35. The minimum atomic E-state index is -0.428. The quantitative estimate of drug-likeness (QED) is 0.725. The van der Waals surface area contributed by atoms with Crippen LogP contribution in [0.5, 0.6) is 0 Å². The van der Waals surface area contributed by atoms with Gasteiger partial charge in [-0.05, 0) is 90.0 Å². The number of carbonyl (C=O) groups excluding carboxylic acids is 1. The van der Waals surface area contributed by atoms with E-state index in [0.29, 0.717) is 0 Å². The molecule has 6 nitrogen and oxygen atoms in total. The van der Waals surface area contributed by atoms with E-state index in [9.17, 15) is 4.79 Å². The van der Waals surface area contributed by atoms with Gasteiger partial charge in [0.15, 0.2) is 5.13 Å². The lowest BCUT2D eigenvalue weighted by atomic mass is 9.84. The first-order valence-corrected chi connectivity index (χ1v) is 13.1. The molecule has 31 heavy (non-hydrogen) atoms. The molecule has 3 fully saturated rings. The SMILES string of the molecule is CC(C)(C)OC(=O)NC1CCC(CCN2CCc3sc(N4CC5CC5C4)nc3C2)CC1. The molecule has 2 aliphatic carbocycles. The molecule has 1 N–H and O–H groups in total. The molecule has 1 amide bonds. The van der Waals surface area contributed by atoms with Gasteiger partial charge in [0, 0.05) is 37.1 Å². The molecule has 4 aliphatic rings. The van der Waals surface area contributed by atoms with E-state index >= 15 is 0 Å². The van der Waals surface area contributed by atoms with E-state index in [0.717, 1.165) is 37.1 Å². The van der Waals surface area contributed by atoms with Crippen molar-refractivity contribution in [3.05, 3.63) is 10.6 Å². The summed E-state index contributed by atoms with van der Waals surface area (Å²) in [4.78, 5) is 23.7. The Kier molecular flexibility index (Phi) is 5.93. The molecule has 172 valence electrons. The highest BCUT2D eigenvalue weighted by atomic mass is 32.1. The lowest BCUT2D eigenvalue weighted by Gasteiger charge is -2.32. The molecule has 3 heterocycles. The second kappa shape index (κ2) is 8.54. The largest absolute Gasteiger partial charge is 0.444 e. The molecule has 0 spiro atoms. The van der Waals surface area contributed by atoms with Crippen molar-refractivity contribution in [2.45, 2.75) is 83.9 Å². The van der Waals surface area contributed by atoms with Crippen LogP contribution in [0.3, 0.4) is 0 Å².